The van der Waals surface area contributed by atoms with Gasteiger partial charge < -0.3 is 10.7 Å². The normalized spacial score (nSPS) is 8.64. The summed E-state index contributed by atoms with van der Waals surface area (Å²) in [5.41, 5.74) is 5.30. The first-order valence-electron chi connectivity index (χ1n) is 3.45. The standard InChI is InChI=1S/C6H11N3.H4N2/c7-3-1-2-6-8-4-5-9-6;1-2/h4-5H,1-3,7H2,(H,8,9);1-2H2. The van der Waals surface area contributed by atoms with Gasteiger partial charge in [0, 0.05) is 18.8 Å². The topological polar surface area (TPSA) is 107 Å². The Balaban J connectivity index is 0.000000461. The molecular formula is C6H15N5. The van der Waals surface area contributed by atoms with E-state index in [4.69, 9.17) is 5.73 Å². The van der Waals surface area contributed by atoms with E-state index in [-0.39, 0.29) is 0 Å². The van der Waals surface area contributed by atoms with Crippen LogP contribution in [0.5, 0.6) is 0 Å². The minimum absolute atomic E-state index is 0.737. The predicted octanol–water partition coefficient (Wildman–Crippen LogP) is -0.880. The van der Waals surface area contributed by atoms with Crippen molar-refractivity contribution in [1.29, 1.82) is 0 Å². The molecule has 1 aromatic rings. The molecule has 0 saturated carbocycles. The predicted molar refractivity (Wildman–Crippen MR) is 44.3 cm³/mol. The van der Waals surface area contributed by atoms with E-state index in [1.165, 1.54) is 0 Å². The van der Waals surface area contributed by atoms with Crippen molar-refractivity contribution >= 4 is 0 Å². The Bertz CT molecular complexity index is 148. The second-order valence-electron chi connectivity index (χ2n) is 1.93. The quantitative estimate of drug-likeness (QED) is 0.337. The van der Waals surface area contributed by atoms with Crippen molar-refractivity contribution in [2.75, 3.05) is 6.54 Å². The number of imidazole rings is 1. The molecule has 0 amide bonds. The summed E-state index contributed by atoms with van der Waals surface area (Å²) in [5, 5.41) is 0. The molecule has 0 radical (unpaired) electrons. The zero-order valence-corrected chi connectivity index (χ0v) is 6.46. The van der Waals surface area contributed by atoms with E-state index in [9.17, 15) is 0 Å². The lowest BCUT2D eigenvalue weighted by Gasteiger charge is -1.90. The van der Waals surface area contributed by atoms with Crippen LogP contribution in [0.1, 0.15) is 12.2 Å². The number of H-pyrrole nitrogens is 1. The molecule has 1 rings (SSSR count). The van der Waals surface area contributed by atoms with Crippen molar-refractivity contribution in [3.8, 4) is 0 Å². The Labute approximate surface area is 66.0 Å². The highest BCUT2D eigenvalue weighted by Gasteiger charge is 1.90. The maximum Gasteiger partial charge on any atom is 0.106 e. The summed E-state index contributed by atoms with van der Waals surface area (Å²) in [6, 6.07) is 0. The molecule has 0 bridgehead atoms. The molecule has 5 nitrogen and oxygen atoms in total. The van der Waals surface area contributed by atoms with Gasteiger partial charge in [-0.05, 0) is 13.0 Å². The van der Waals surface area contributed by atoms with E-state index < -0.39 is 0 Å². The summed E-state index contributed by atoms with van der Waals surface area (Å²) in [7, 11) is 0. The van der Waals surface area contributed by atoms with Gasteiger partial charge in [-0.15, -0.1) is 0 Å². The summed E-state index contributed by atoms with van der Waals surface area (Å²) < 4.78 is 0. The van der Waals surface area contributed by atoms with Gasteiger partial charge in [-0.25, -0.2) is 4.98 Å². The van der Waals surface area contributed by atoms with Crippen molar-refractivity contribution in [1.82, 2.24) is 9.97 Å². The highest BCUT2D eigenvalue weighted by Crippen LogP contribution is 1.91. The molecular weight excluding hydrogens is 142 g/mol. The average Bonchev–Trinajstić information content (AvgIpc) is 2.57. The molecule has 0 aliphatic rings. The van der Waals surface area contributed by atoms with Crippen LogP contribution < -0.4 is 17.4 Å². The van der Waals surface area contributed by atoms with Gasteiger partial charge in [-0.1, -0.05) is 0 Å². The van der Waals surface area contributed by atoms with Crippen molar-refractivity contribution in [2.24, 2.45) is 17.4 Å². The Morgan fingerprint density at radius 1 is 1.45 bits per heavy atom. The van der Waals surface area contributed by atoms with E-state index in [0.29, 0.717) is 0 Å². The zero-order chi connectivity index (χ0) is 8.53. The molecule has 11 heavy (non-hydrogen) atoms. The van der Waals surface area contributed by atoms with Gasteiger partial charge in [0.2, 0.25) is 0 Å². The van der Waals surface area contributed by atoms with Crippen LogP contribution in [0, 0.1) is 0 Å². The van der Waals surface area contributed by atoms with Gasteiger partial charge in [0.15, 0.2) is 0 Å². The average molecular weight is 157 g/mol. The molecule has 0 fully saturated rings. The number of nitrogens with zero attached hydrogens (tertiary/aromatic N) is 1. The van der Waals surface area contributed by atoms with Crippen molar-refractivity contribution < 1.29 is 0 Å². The smallest absolute Gasteiger partial charge is 0.106 e. The van der Waals surface area contributed by atoms with Crippen molar-refractivity contribution in [2.45, 2.75) is 12.8 Å². The molecule has 0 aromatic carbocycles. The van der Waals surface area contributed by atoms with E-state index in [1.807, 2.05) is 6.20 Å². The number of nitrogens with two attached hydrogens (primary N) is 3. The van der Waals surface area contributed by atoms with Crippen LogP contribution in [0.4, 0.5) is 0 Å². The van der Waals surface area contributed by atoms with Crippen LogP contribution in [-0.2, 0) is 6.42 Å². The summed E-state index contributed by atoms with van der Waals surface area (Å²) in [6.45, 7) is 0.737. The summed E-state index contributed by atoms with van der Waals surface area (Å²) in [6.07, 6.45) is 5.55. The fourth-order valence-electron chi connectivity index (χ4n) is 0.704. The fourth-order valence-corrected chi connectivity index (χ4v) is 0.704. The van der Waals surface area contributed by atoms with Crippen LogP contribution in [0.25, 0.3) is 0 Å². The Kier molecular flexibility index (Phi) is 6.60. The van der Waals surface area contributed by atoms with E-state index in [0.717, 1.165) is 25.2 Å². The second kappa shape index (κ2) is 7.20. The molecule has 0 unspecified atom stereocenters. The van der Waals surface area contributed by atoms with Crippen molar-refractivity contribution in [3.63, 3.8) is 0 Å². The van der Waals surface area contributed by atoms with Crippen LogP contribution in [0.2, 0.25) is 0 Å². The van der Waals surface area contributed by atoms with Gasteiger partial charge in [0.1, 0.15) is 5.82 Å². The summed E-state index contributed by atoms with van der Waals surface area (Å²) in [5.74, 6) is 9.03. The van der Waals surface area contributed by atoms with Gasteiger partial charge >= 0.3 is 0 Å². The van der Waals surface area contributed by atoms with E-state index >= 15 is 0 Å². The first-order chi connectivity index (χ1) is 5.43. The second-order valence-corrected chi connectivity index (χ2v) is 1.93. The van der Waals surface area contributed by atoms with Gasteiger partial charge in [0.25, 0.3) is 0 Å². The van der Waals surface area contributed by atoms with E-state index in [2.05, 4.69) is 21.7 Å². The minimum Gasteiger partial charge on any atom is -0.349 e. The van der Waals surface area contributed by atoms with Crippen LogP contribution in [0.15, 0.2) is 12.4 Å². The first-order valence-corrected chi connectivity index (χ1v) is 3.45. The Morgan fingerprint density at radius 2 is 2.18 bits per heavy atom. The van der Waals surface area contributed by atoms with Crippen LogP contribution in [-0.4, -0.2) is 16.5 Å². The highest BCUT2D eigenvalue weighted by molar-refractivity contribution is 4.86. The van der Waals surface area contributed by atoms with Crippen LogP contribution in [0.3, 0.4) is 0 Å². The molecule has 7 N–H and O–H groups in total. The number of hydrogen-bond donors (Lipinski definition) is 4. The fraction of sp³-hybridized carbons (Fsp3) is 0.500. The summed E-state index contributed by atoms with van der Waals surface area (Å²) >= 11 is 0. The molecule has 0 spiro atoms. The van der Waals surface area contributed by atoms with E-state index in [1.54, 1.807) is 6.20 Å². The van der Waals surface area contributed by atoms with Crippen LogP contribution >= 0.6 is 0 Å². The Morgan fingerprint density at radius 3 is 2.64 bits per heavy atom. The third-order valence-electron chi connectivity index (χ3n) is 1.17. The molecule has 0 aliphatic carbocycles. The molecule has 5 heteroatoms. The Hall–Kier alpha value is -0.910. The number of aromatic amines is 1. The van der Waals surface area contributed by atoms with Crippen molar-refractivity contribution in [3.05, 3.63) is 18.2 Å². The SMILES string of the molecule is NCCCc1ncc[nH]1.NN. The zero-order valence-electron chi connectivity index (χ0n) is 6.46. The number of aromatic nitrogens is 2. The third-order valence-corrected chi connectivity index (χ3v) is 1.17. The van der Waals surface area contributed by atoms with Gasteiger partial charge in [-0.2, -0.15) is 0 Å². The molecule has 64 valence electrons. The lowest BCUT2D eigenvalue weighted by molar-refractivity contribution is 0.794. The highest BCUT2D eigenvalue weighted by atomic mass is 15.0. The molecule has 0 atom stereocenters. The number of hydrogen-bond acceptors (Lipinski definition) is 4. The monoisotopic (exact) mass is 157 g/mol. The maximum atomic E-state index is 5.30. The van der Waals surface area contributed by atoms with Gasteiger partial charge in [0.05, 0.1) is 0 Å². The lowest BCUT2D eigenvalue weighted by Crippen LogP contribution is -2.02. The lowest BCUT2D eigenvalue weighted by atomic mass is 10.3. The van der Waals surface area contributed by atoms with Gasteiger partial charge in [-0.3, -0.25) is 11.7 Å². The molecule has 1 heterocycles. The summed E-state index contributed by atoms with van der Waals surface area (Å²) in [4.78, 5) is 7.05. The first kappa shape index (κ1) is 10.1. The number of aryl methyl sites for hydroxylation is 1. The third kappa shape index (κ3) is 4.49. The molecule has 0 saturated heterocycles. The number of rotatable bonds is 3. The number of nitrogens with one attached hydrogen (secondary N) is 1. The largest absolute Gasteiger partial charge is 0.349 e. The molecule has 0 aliphatic heterocycles. The maximum absolute atomic E-state index is 5.30. The number of hydrazine groups is 1. The minimum atomic E-state index is 0.737. The molecule has 1 aromatic heterocycles.